The molecule has 0 bridgehead atoms. The zero-order valence-corrected chi connectivity index (χ0v) is 13.2. The molecule has 1 amide bonds. The molecule has 1 saturated heterocycles. The SMILES string of the molecule is O=C(O)C[C@@H](NC(=O)OCc1ccccc1)C1CCSCC1. The summed E-state index contributed by atoms with van der Waals surface area (Å²) in [5.74, 6) is 1.34. The second kappa shape index (κ2) is 8.68. The molecule has 1 aromatic rings. The van der Waals surface area contributed by atoms with Gasteiger partial charge in [0.25, 0.3) is 0 Å². The van der Waals surface area contributed by atoms with Gasteiger partial charge in [-0.1, -0.05) is 30.3 Å². The van der Waals surface area contributed by atoms with Crippen molar-refractivity contribution in [2.45, 2.75) is 31.9 Å². The monoisotopic (exact) mass is 323 g/mol. The van der Waals surface area contributed by atoms with E-state index in [2.05, 4.69) is 5.32 Å². The van der Waals surface area contributed by atoms with Gasteiger partial charge in [-0.3, -0.25) is 4.79 Å². The van der Waals surface area contributed by atoms with Crippen molar-refractivity contribution in [2.75, 3.05) is 11.5 Å². The van der Waals surface area contributed by atoms with Crippen LogP contribution in [0.5, 0.6) is 0 Å². The van der Waals surface area contributed by atoms with Crippen LogP contribution in [0.2, 0.25) is 0 Å². The second-order valence-corrected chi connectivity index (χ2v) is 6.58. The van der Waals surface area contributed by atoms with Crippen molar-refractivity contribution in [1.82, 2.24) is 5.32 Å². The summed E-state index contributed by atoms with van der Waals surface area (Å²) >= 11 is 1.87. The molecule has 0 saturated carbocycles. The lowest BCUT2D eigenvalue weighted by Crippen LogP contribution is -2.43. The van der Waals surface area contributed by atoms with Gasteiger partial charge in [-0.15, -0.1) is 0 Å². The highest BCUT2D eigenvalue weighted by Gasteiger charge is 2.27. The van der Waals surface area contributed by atoms with E-state index in [1.54, 1.807) is 0 Å². The van der Waals surface area contributed by atoms with Gasteiger partial charge in [-0.2, -0.15) is 11.8 Å². The molecule has 0 radical (unpaired) electrons. The van der Waals surface area contributed by atoms with E-state index in [1.807, 2.05) is 42.1 Å². The number of carboxylic acids is 1. The third-order valence-electron chi connectivity index (χ3n) is 3.75. The van der Waals surface area contributed by atoms with Crippen LogP contribution in [0.15, 0.2) is 30.3 Å². The van der Waals surface area contributed by atoms with Crippen LogP contribution in [0.4, 0.5) is 4.79 Å². The first-order chi connectivity index (χ1) is 10.6. The lowest BCUT2D eigenvalue weighted by molar-refractivity contribution is -0.137. The molecule has 5 nitrogen and oxygen atoms in total. The summed E-state index contributed by atoms with van der Waals surface area (Å²) in [4.78, 5) is 22.9. The minimum absolute atomic E-state index is 0.0598. The van der Waals surface area contributed by atoms with Crippen LogP contribution in [0.25, 0.3) is 0 Å². The van der Waals surface area contributed by atoms with Crippen molar-refractivity contribution in [1.29, 1.82) is 0 Å². The molecule has 1 aromatic carbocycles. The Morgan fingerprint density at radius 2 is 1.95 bits per heavy atom. The van der Waals surface area contributed by atoms with Crippen molar-refractivity contribution in [3.63, 3.8) is 0 Å². The fourth-order valence-corrected chi connectivity index (χ4v) is 3.70. The summed E-state index contributed by atoms with van der Waals surface area (Å²) in [5, 5.41) is 11.8. The average Bonchev–Trinajstić information content (AvgIpc) is 2.54. The summed E-state index contributed by atoms with van der Waals surface area (Å²) in [5.41, 5.74) is 0.904. The first-order valence-corrected chi connectivity index (χ1v) is 8.57. The Kier molecular flexibility index (Phi) is 6.58. The Hall–Kier alpha value is -1.69. The number of rotatable bonds is 6. The minimum atomic E-state index is -0.897. The van der Waals surface area contributed by atoms with Crippen LogP contribution in [0.1, 0.15) is 24.8 Å². The molecule has 0 aromatic heterocycles. The Bertz CT molecular complexity index is 488. The number of carbonyl (C=O) groups is 2. The van der Waals surface area contributed by atoms with E-state index in [0.29, 0.717) is 0 Å². The molecule has 1 aliphatic heterocycles. The fraction of sp³-hybridized carbons (Fsp3) is 0.500. The number of ether oxygens (including phenoxy) is 1. The maximum absolute atomic E-state index is 11.9. The van der Waals surface area contributed by atoms with Crippen LogP contribution >= 0.6 is 11.8 Å². The predicted molar refractivity (Wildman–Crippen MR) is 85.9 cm³/mol. The number of nitrogens with one attached hydrogen (secondary N) is 1. The molecular weight excluding hydrogens is 302 g/mol. The van der Waals surface area contributed by atoms with Gasteiger partial charge in [0.2, 0.25) is 0 Å². The van der Waals surface area contributed by atoms with Crippen LogP contribution in [0, 0.1) is 5.92 Å². The van der Waals surface area contributed by atoms with E-state index in [4.69, 9.17) is 9.84 Å². The van der Waals surface area contributed by atoms with Crippen LogP contribution in [-0.2, 0) is 16.1 Å². The van der Waals surface area contributed by atoms with Crippen molar-refractivity contribution in [3.8, 4) is 0 Å². The summed E-state index contributed by atoms with van der Waals surface area (Å²) in [6.45, 7) is 0.187. The lowest BCUT2D eigenvalue weighted by atomic mass is 9.91. The maximum Gasteiger partial charge on any atom is 0.407 e. The summed E-state index contributed by atoms with van der Waals surface area (Å²) < 4.78 is 5.18. The third kappa shape index (κ3) is 5.60. The number of carbonyl (C=O) groups excluding carboxylic acids is 1. The molecular formula is C16H21NO4S. The number of aliphatic carboxylic acids is 1. The molecule has 1 atom stereocenters. The van der Waals surface area contributed by atoms with Crippen molar-refractivity contribution < 1.29 is 19.4 Å². The smallest absolute Gasteiger partial charge is 0.407 e. The van der Waals surface area contributed by atoms with Crippen LogP contribution in [0.3, 0.4) is 0 Å². The van der Waals surface area contributed by atoms with E-state index in [0.717, 1.165) is 29.9 Å². The first kappa shape index (κ1) is 16.7. The molecule has 1 heterocycles. The van der Waals surface area contributed by atoms with Gasteiger partial charge in [-0.25, -0.2) is 4.79 Å². The summed E-state index contributed by atoms with van der Waals surface area (Å²) in [6.07, 6.45) is 1.26. The topological polar surface area (TPSA) is 75.6 Å². The number of alkyl carbamates (subject to hydrolysis) is 1. The highest BCUT2D eigenvalue weighted by molar-refractivity contribution is 7.99. The third-order valence-corrected chi connectivity index (χ3v) is 4.79. The van der Waals surface area contributed by atoms with E-state index >= 15 is 0 Å². The van der Waals surface area contributed by atoms with Gasteiger partial charge >= 0.3 is 12.1 Å². The lowest BCUT2D eigenvalue weighted by Gasteiger charge is -2.29. The second-order valence-electron chi connectivity index (χ2n) is 5.36. The molecule has 2 rings (SSSR count). The molecule has 2 N–H and O–H groups in total. The molecule has 0 aliphatic carbocycles. The minimum Gasteiger partial charge on any atom is -0.481 e. The standard InChI is InChI=1S/C16H21NO4S/c18-15(19)10-14(13-6-8-22-9-7-13)17-16(20)21-11-12-4-2-1-3-5-12/h1-5,13-14H,6-11H2,(H,17,20)(H,18,19)/t14-/m1/s1. The zero-order chi connectivity index (χ0) is 15.8. The molecule has 120 valence electrons. The van der Waals surface area contributed by atoms with Gasteiger partial charge in [0.15, 0.2) is 0 Å². The maximum atomic E-state index is 11.9. The zero-order valence-electron chi connectivity index (χ0n) is 12.4. The van der Waals surface area contributed by atoms with Gasteiger partial charge in [0.05, 0.1) is 6.42 Å². The normalized spacial score (nSPS) is 16.7. The Morgan fingerprint density at radius 1 is 1.27 bits per heavy atom. The Balaban J connectivity index is 1.85. The quantitative estimate of drug-likeness (QED) is 0.842. The van der Waals surface area contributed by atoms with E-state index in [9.17, 15) is 9.59 Å². The highest BCUT2D eigenvalue weighted by atomic mass is 32.2. The van der Waals surface area contributed by atoms with E-state index < -0.39 is 12.1 Å². The number of benzene rings is 1. The van der Waals surface area contributed by atoms with Crippen molar-refractivity contribution >= 4 is 23.8 Å². The Morgan fingerprint density at radius 3 is 2.59 bits per heavy atom. The largest absolute Gasteiger partial charge is 0.481 e. The molecule has 1 fully saturated rings. The summed E-state index contributed by atoms with van der Waals surface area (Å²) in [6, 6.07) is 9.04. The van der Waals surface area contributed by atoms with Crippen LogP contribution in [-0.4, -0.2) is 34.7 Å². The molecule has 1 aliphatic rings. The van der Waals surface area contributed by atoms with E-state index in [-0.39, 0.29) is 25.0 Å². The van der Waals surface area contributed by atoms with Gasteiger partial charge < -0.3 is 15.2 Å². The van der Waals surface area contributed by atoms with Gasteiger partial charge in [0, 0.05) is 6.04 Å². The van der Waals surface area contributed by atoms with Crippen molar-refractivity contribution in [3.05, 3.63) is 35.9 Å². The Labute approximate surface area is 134 Å². The predicted octanol–water partition coefficient (Wildman–Crippen LogP) is 2.90. The number of hydrogen-bond donors (Lipinski definition) is 2. The number of carboxylic acid groups (broad SMARTS) is 1. The number of hydrogen-bond acceptors (Lipinski definition) is 4. The molecule has 0 spiro atoms. The number of thioether (sulfide) groups is 1. The first-order valence-electron chi connectivity index (χ1n) is 7.42. The molecule has 6 heteroatoms. The molecule has 22 heavy (non-hydrogen) atoms. The van der Waals surface area contributed by atoms with Crippen LogP contribution < -0.4 is 5.32 Å². The van der Waals surface area contributed by atoms with Gasteiger partial charge in [-0.05, 0) is 35.8 Å². The van der Waals surface area contributed by atoms with Crippen molar-refractivity contribution in [2.24, 2.45) is 5.92 Å². The fourth-order valence-electron chi connectivity index (χ4n) is 2.56. The summed E-state index contributed by atoms with van der Waals surface area (Å²) in [7, 11) is 0. The molecule has 0 unspecified atom stereocenters. The highest BCUT2D eigenvalue weighted by Crippen LogP contribution is 2.26. The van der Waals surface area contributed by atoms with E-state index in [1.165, 1.54) is 0 Å². The van der Waals surface area contributed by atoms with Gasteiger partial charge in [0.1, 0.15) is 6.61 Å². The average molecular weight is 323 g/mol. The number of amides is 1.